The lowest BCUT2D eigenvalue weighted by Gasteiger charge is -2.25. The first-order valence-corrected chi connectivity index (χ1v) is 10.3. The van der Waals surface area contributed by atoms with Crippen LogP contribution in [0.2, 0.25) is 0 Å². The number of sulfonamides is 1. The van der Waals surface area contributed by atoms with Gasteiger partial charge in [0.15, 0.2) is 0 Å². The Morgan fingerprint density at radius 2 is 1.82 bits per heavy atom. The van der Waals surface area contributed by atoms with Crippen molar-refractivity contribution in [2.45, 2.75) is 18.2 Å². The van der Waals surface area contributed by atoms with Crippen LogP contribution >= 0.6 is 0 Å². The highest BCUT2D eigenvalue weighted by Crippen LogP contribution is 2.30. The predicted molar refractivity (Wildman–Crippen MR) is 108 cm³/mol. The minimum absolute atomic E-state index is 0.0195. The van der Waals surface area contributed by atoms with Crippen molar-refractivity contribution >= 4 is 21.6 Å². The topological polar surface area (TPSA) is 84.9 Å². The van der Waals surface area contributed by atoms with Gasteiger partial charge in [-0.2, -0.15) is 0 Å². The van der Waals surface area contributed by atoms with E-state index >= 15 is 0 Å². The van der Waals surface area contributed by atoms with Crippen LogP contribution in [0.3, 0.4) is 0 Å². The number of rotatable bonds is 10. The van der Waals surface area contributed by atoms with Gasteiger partial charge in [0.05, 0.1) is 12.8 Å². The summed E-state index contributed by atoms with van der Waals surface area (Å²) in [6, 6.07) is 13.5. The third kappa shape index (κ3) is 5.46. The van der Waals surface area contributed by atoms with E-state index in [1.54, 1.807) is 62.6 Å². The van der Waals surface area contributed by atoms with Crippen LogP contribution in [0.5, 0.6) is 5.75 Å². The number of aryl methyl sites for hydroxylation is 1. The van der Waals surface area contributed by atoms with E-state index in [0.29, 0.717) is 25.3 Å². The number of nitrogens with zero attached hydrogens (tertiary/aromatic N) is 1. The molecule has 0 atom stereocenters. The highest BCUT2D eigenvalue weighted by molar-refractivity contribution is 7.93. The zero-order valence-corrected chi connectivity index (χ0v) is 17.2. The van der Waals surface area contributed by atoms with E-state index in [1.165, 1.54) is 7.11 Å². The molecule has 0 aliphatic carbocycles. The number of hydrogen-bond acceptors (Lipinski definition) is 5. The Hall–Kier alpha value is -2.58. The Morgan fingerprint density at radius 3 is 2.46 bits per heavy atom. The number of methoxy groups -OCH3 is 2. The number of nitrogens with one attached hydrogen (secondary N) is 1. The van der Waals surface area contributed by atoms with Gasteiger partial charge < -0.3 is 14.8 Å². The molecule has 2 aromatic carbocycles. The van der Waals surface area contributed by atoms with Crippen LogP contribution in [0.15, 0.2) is 53.4 Å². The first kappa shape index (κ1) is 21.7. The maximum absolute atomic E-state index is 13.4. The van der Waals surface area contributed by atoms with Gasteiger partial charge in [-0.25, -0.2) is 8.42 Å². The van der Waals surface area contributed by atoms with Crippen LogP contribution in [-0.2, 0) is 19.6 Å². The van der Waals surface area contributed by atoms with Crippen molar-refractivity contribution in [3.8, 4) is 5.75 Å². The maximum atomic E-state index is 13.4. The third-order valence-electron chi connectivity index (χ3n) is 4.07. The highest BCUT2D eigenvalue weighted by Gasteiger charge is 2.30. The number of amides is 1. The molecule has 0 unspecified atom stereocenters. The van der Waals surface area contributed by atoms with Crippen LogP contribution in [0.4, 0.5) is 5.69 Å². The Morgan fingerprint density at radius 1 is 1.11 bits per heavy atom. The normalized spacial score (nSPS) is 11.1. The van der Waals surface area contributed by atoms with Gasteiger partial charge in [-0.3, -0.25) is 9.10 Å². The number of anilines is 1. The summed E-state index contributed by atoms with van der Waals surface area (Å²) < 4.78 is 38.1. The van der Waals surface area contributed by atoms with Crippen molar-refractivity contribution < 1.29 is 22.7 Å². The fourth-order valence-corrected chi connectivity index (χ4v) is 4.31. The van der Waals surface area contributed by atoms with Crippen LogP contribution < -0.4 is 14.4 Å². The van der Waals surface area contributed by atoms with Gasteiger partial charge in [-0.05, 0) is 43.2 Å². The number of carbonyl (C=O) groups excluding carboxylic acids is 1. The van der Waals surface area contributed by atoms with E-state index in [9.17, 15) is 13.2 Å². The van der Waals surface area contributed by atoms with Gasteiger partial charge in [-0.1, -0.05) is 24.3 Å². The van der Waals surface area contributed by atoms with Crippen molar-refractivity contribution in [1.82, 2.24) is 5.32 Å². The van der Waals surface area contributed by atoms with Crippen molar-refractivity contribution in [3.05, 3.63) is 54.1 Å². The predicted octanol–water partition coefficient (Wildman–Crippen LogP) is 2.35. The monoisotopic (exact) mass is 406 g/mol. The quantitative estimate of drug-likeness (QED) is 0.612. The molecule has 0 aliphatic rings. The van der Waals surface area contributed by atoms with Crippen molar-refractivity contribution in [2.75, 3.05) is 38.2 Å². The first-order chi connectivity index (χ1) is 13.4. The Balaban J connectivity index is 2.36. The summed E-state index contributed by atoms with van der Waals surface area (Å²) in [6.07, 6.45) is 0.645. The van der Waals surface area contributed by atoms with E-state index in [4.69, 9.17) is 9.47 Å². The minimum atomic E-state index is -4.03. The van der Waals surface area contributed by atoms with Gasteiger partial charge in [0.2, 0.25) is 5.91 Å². The van der Waals surface area contributed by atoms with Crippen LogP contribution in [-0.4, -0.2) is 48.2 Å². The van der Waals surface area contributed by atoms with E-state index in [2.05, 4.69) is 5.32 Å². The van der Waals surface area contributed by atoms with Crippen molar-refractivity contribution in [1.29, 1.82) is 0 Å². The van der Waals surface area contributed by atoms with E-state index in [0.717, 1.165) is 9.87 Å². The lowest BCUT2D eigenvalue weighted by molar-refractivity contribution is -0.119. The van der Waals surface area contributed by atoms with Gasteiger partial charge in [0.25, 0.3) is 10.0 Å². The van der Waals surface area contributed by atoms with Crippen LogP contribution in [0.1, 0.15) is 12.0 Å². The molecule has 7 nitrogen and oxygen atoms in total. The van der Waals surface area contributed by atoms with Crippen LogP contribution in [0, 0.1) is 6.92 Å². The molecule has 8 heteroatoms. The largest absolute Gasteiger partial charge is 0.495 e. The smallest absolute Gasteiger partial charge is 0.268 e. The van der Waals surface area contributed by atoms with E-state index in [-0.39, 0.29) is 17.2 Å². The average Bonchev–Trinajstić information content (AvgIpc) is 2.70. The standard InChI is InChI=1S/C20H26N2O5S/c1-16-10-11-18(27-3)19(14-16)28(24,25)22(17-8-5-4-6-9-17)15-20(23)21-12-7-13-26-2/h4-6,8-11,14H,7,12-13,15H2,1-3H3,(H,21,23). The molecule has 152 valence electrons. The molecule has 0 heterocycles. The molecule has 1 N–H and O–H groups in total. The van der Waals surface area contributed by atoms with Crippen molar-refractivity contribution in [2.24, 2.45) is 0 Å². The Bertz CT molecular complexity index is 885. The molecule has 0 aromatic heterocycles. The lowest BCUT2D eigenvalue weighted by atomic mass is 10.2. The van der Waals surface area contributed by atoms with E-state index in [1.807, 2.05) is 0 Å². The molecule has 2 rings (SSSR count). The molecule has 2 aromatic rings. The van der Waals surface area contributed by atoms with Gasteiger partial charge >= 0.3 is 0 Å². The SMILES string of the molecule is COCCCNC(=O)CN(c1ccccc1)S(=O)(=O)c1cc(C)ccc1OC. The van der Waals surface area contributed by atoms with E-state index < -0.39 is 15.9 Å². The number of benzene rings is 2. The summed E-state index contributed by atoms with van der Waals surface area (Å²) >= 11 is 0. The molecular formula is C20H26N2O5S. The number of hydrogen-bond donors (Lipinski definition) is 1. The van der Waals surface area contributed by atoms with Crippen molar-refractivity contribution in [3.63, 3.8) is 0 Å². The first-order valence-electron chi connectivity index (χ1n) is 8.88. The number of para-hydroxylation sites is 1. The molecule has 28 heavy (non-hydrogen) atoms. The Labute approximate surface area is 166 Å². The van der Waals surface area contributed by atoms with Crippen LogP contribution in [0.25, 0.3) is 0 Å². The second-order valence-corrected chi connectivity index (χ2v) is 8.03. The number of ether oxygens (including phenoxy) is 2. The molecule has 0 bridgehead atoms. The average molecular weight is 407 g/mol. The highest BCUT2D eigenvalue weighted by atomic mass is 32.2. The molecule has 1 amide bonds. The fourth-order valence-electron chi connectivity index (χ4n) is 2.64. The number of carbonyl (C=O) groups is 1. The molecule has 0 saturated heterocycles. The summed E-state index contributed by atoms with van der Waals surface area (Å²) in [5, 5.41) is 2.72. The molecule has 0 saturated carbocycles. The summed E-state index contributed by atoms with van der Waals surface area (Å²) in [7, 11) is -1.03. The summed E-state index contributed by atoms with van der Waals surface area (Å²) in [5.41, 5.74) is 1.18. The summed E-state index contributed by atoms with van der Waals surface area (Å²) in [6.45, 7) is 2.38. The molecule has 0 aliphatic heterocycles. The third-order valence-corrected chi connectivity index (χ3v) is 5.86. The van der Waals surface area contributed by atoms with Gasteiger partial charge in [0.1, 0.15) is 17.2 Å². The summed E-state index contributed by atoms with van der Waals surface area (Å²) in [5.74, 6) is -0.165. The van der Waals surface area contributed by atoms with Gasteiger partial charge in [-0.15, -0.1) is 0 Å². The molecule has 0 spiro atoms. The second-order valence-electron chi connectivity index (χ2n) is 6.20. The zero-order valence-electron chi connectivity index (χ0n) is 16.3. The van der Waals surface area contributed by atoms with Gasteiger partial charge in [0, 0.05) is 20.3 Å². The Kier molecular flexibility index (Phi) is 7.83. The zero-order chi connectivity index (χ0) is 20.6. The minimum Gasteiger partial charge on any atom is -0.495 e. The fraction of sp³-hybridized carbons (Fsp3) is 0.350. The molecule has 0 fully saturated rings. The maximum Gasteiger partial charge on any atom is 0.268 e. The summed E-state index contributed by atoms with van der Waals surface area (Å²) in [4.78, 5) is 12.4. The molecule has 0 radical (unpaired) electrons. The second kappa shape index (κ2) is 10.1. The molecular weight excluding hydrogens is 380 g/mol. The lowest BCUT2D eigenvalue weighted by Crippen LogP contribution is -2.41.